The molecule has 1 heterocycles. The number of thioether (sulfide) groups is 1. The summed E-state index contributed by atoms with van der Waals surface area (Å²) in [5.41, 5.74) is 1.05. The maximum atomic E-state index is 13.4. The molecule has 166 valence electrons. The number of benzene rings is 3. The highest BCUT2D eigenvalue weighted by Gasteiger charge is 2.37. The van der Waals surface area contributed by atoms with Gasteiger partial charge in [0.25, 0.3) is 15.9 Å². The Bertz CT molecular complexity index is 1230. The monoisotopic (exact) mass is 488 g/mol. The number of rotatable bonds is 6. The number of sulfonamides is 1. The largest absolute Gasteiger partial charge is 0.476 e. The number of amides is 1. The van der Waals surface area contributed by atoms with Gasteiger partial charge in [0.1, 0.15) is 5.75 Å². The van der Waals surface area contributed by atoms with Crippen molar-refractivity contribution in [3.63, 3.8) is 0 Å². The molecule has 0 radical (unpaired) electrons. The van der Waals surface area contributed by atoms with Gasteiger partial charge in [-0.25, -0.2) is 8.42 Å². The average molecular weight is 489 g/mol. The van der Waals surface area contributed by atoms with E-state index in [0.29, 0.717) is 22.1 Å². The third-order valence-electron chi connectivity index (χ3n) is 4.87. The molecule has 0 saturated heterocycles. The number of ether oxygens (including phenoxy) is 1. The summed E-state index contributed by atoms with van der Waals surface area (Å²) in [4.78, 5) is 14.1. The number of fused-ring (bicyclic) bond motifs is 1. The Morgan fingerprint density at radius 3 is 2.53 bits per heavy atom. The van der Waals surface area contributed by atoms with Crippen LogP contribution < -0.4 is 14.4 Å². The topological polar surface area (TPSA) is 75.7 Å². The summed E-state index contributed by atoms with van der Waals surface area (Å²) in [5, 5.41) is 3.33. The molecule has 0 fully saturated rings. The first kappa shape index (κ1) is 22.5. The van der Waals surface area contributed by atoms with E-state index in [1.807, 2.05) is 31.2 Å². The predicted molar refractivity (Wildman–Crippen MR) is 128 cm³/mol. The highest BCUT2D eigenvalue weighted by atomic mass is 35.5. The highest BCUT2D eigenvalue weighted by molar-refractivity contribution is 7.99. The molecule has 0 bridgehead atoms. The molecule has 3 aromatic rings. The maximum Gasteiger partial charge on any atom is 0.267 e. The molecule has 1 aliphatic heterocycles. The van der Waals surface area contributed by atoms with E-state index in [0.717, 1.165) is 10.6 Å². The van der Waals surface area contributed by atoms with Crippen LogP contribution in [-0.2, 0) is 14.8 Å². The van der Waals surface area contributed by atoms with Crippen molar-refractivity contribution in [3.05, 3.63) is 77.8 Å². The van der Waals surface area contributed by atoms with Crippen molar-refractivity contribution in [1.82, 2.24) is 0 Å². The molecule has 0 aliphatic carbocycles. The summed E-state index contributed by atoms with van der Waals surface area (Å²) < 4.78 is 34.0. The first-order chi connectivity index (χ1) is 15.4. The summed E-state index contributed by atoms with van der Waals surface area (Å²) in [5.74, 6) is 0.764. The van der Waals surface area contributed by atoms with Crippen LogP contribution in [-0.4, -0.2) is 32.7 Å². The van der Waals surface area contributed by atoms with Gasteiger partial charge in [-0.15, -0.1) is 11.8 Å². The number of nitrogens with one attached hydrogen (secondary N) is 1. The van der Waals surface area contributed by atoms with Crippen LogP contribution in [0.2, 0.25) is 5.02 Å². The normalized spacial score (nSPS) is 15.6. The number of carbonyl (C=O) groups excluding carboxylic acids is 1. The van der Waals surface area contributed by atoms with Gasteiger partial charge in [-0.3, -0.25) is 9.10 Å². The molecular formula is C23H21ClN2O4S2. The Balaban J connectivity index is 1.65. The van der Waals surface area contributed by atoms with Gasteiger partial charge in [-0.2, -0.15) is 0 Å². The van der Waals surface area contributed by atoms with E-state index in [4.69, 9.17) is 16.3 Å². The molecule has 0 unspecified atom stereocenters. The molecule has 0 aromatic heterocycles. The van der Waals surface area contributed by atoms with Gasteiger partial charge in [0.2, 0.25) is 0 Å². The van der Waals surface area contributed by atoms with Crippen molar-refractivity contribution < 1.29 is 17.9 Å². The van der Waals surface area contributed by atoms with Gasteiger partial charge >= 0.3 is 0 Å². The summed E-state index contributed by atoms with van der Waals surface area (Å²) in [6.45, 7) is 1.88. The summed E-state index contributed by atoms with van der Waals surface area (Å²) in [6.07, 6.45) is -1.02. The number of anilines is 2. The fourth-order valence-corrected chi connectivity index (χ4v) is 5.73. The van der Waals surface area contributed by atoms with Crippen molar-refractivity contribution in [2.75, 3.05) is 21.9 Å². The van der Waals surface area contributed by atoms with E-state index >= 15 is 0 Å². The minimum Gasteiger partial charge on any atom is -0.476 e. The van der Waals surface area contributed by atoms with Crippen LogP contribution >= 0.6 is 23.4 Å². The number of para-hydroxylation sites is 3. The number of nitrogens with zero attached hydrogens (tertiary/aromatic N) is 1. The van der Waals surface area contributed by atoms with Crippen molar-refractivity contribution in [2.24, 2.45) is 0 Å². The summed E-state index contributed by atoms with van der Waals surface area (Å²) in [7, 11) is -3.94. The van der Waals surface area contributed by atoms with Crippen molar-refractivity contribution in [2.45, 2.75) is 22.8 Å². The zero-order valence-corrected chi connectivity index (χ0v) is 19.6. The Labute approximate surface area is 196 Å². The Morgan fingerprint density at radius 1 is 1.09 bits per heavy atom. The van der Waals surface area contributed by atoms with Gasteiger partial charge in [0, 0.05) is 9.92 Å². The molecular weight excluding hydrogens is 468 g/mol. The second-order valence-electron chi connectivity index (χ2n) is 6.98. The number of halogens is 1. The summed E-state index contributed by atoms with van der Waals surface area (Å²) in [6, 6.07) is 20.2. The lowest BCUT2D eigenvalue weighted by molar-refractivity contribution is -0.122. The third kappa shape index (κ3) is 4.57. The lowest BCUT2D eigenvalue weighted by atomic mass is 10.2. The third-order valence-corrected chi connectivity index (χ3v) is 7.88. The number of carbonyl (C=O) groups is 1. The van der Waals surface area contributed by atoms with Crippen LogP contribution in [0.25, 0.3) is 0 Å². The quantitative estimate of drug-likeness (QED) is 0.491. The SMILES string of the molecule is CCSc1ccccc1NC(=O)[C@H]1CN(S(=O)(=O)c2ccc(Cl)cc2)c2ccccc2O1. The van der Waals surface area contributed by atoms with Crippen LogP contribution in [0.5, 0.6) is 5.75 Å². The minimum atomic E-state index is -3.94. The molecule has 1 aliphatic rings. The van der Waals surface area contributed by atoms with E-state index in [9.17, 15) is 13.2 Å². The fourth-order valence-electron chi connectivity index (χ4n) is 3.36. The summed E-state index contributed by atoms with van der Waals surface area (Å²) >= 11 is 7.53. The predicted octanol–water partition coefficient (Wildman–Crippen LogP) is 5.05. The standard InChI is InChI=1S/C23H21ClN2O4S2/c1-2-31-22-10-6-3-7-18(22)25-23(27)21-15-26(19-8-4-5-9-20(19)30-21)32(28,29)17-13-11-16(24)12-14-17/h3-14,21H,2,15H2,1H3,(H,25,27)/t21-/m1/s1. The van der Waals surface area contributed by atoms with Gasteiger partial charge in [0.05, 0.1) is 22.8 Å². The molecule has 1 atom stereocenters. The Kier molecular flexibility index (Phi) is 6.64. The van der Waals surface area contributed by atoms with Crippen LogP contribution in [0.1, 0.15) is 6.92 Å². The van der Waals surface area contributed by atoms with Gasteiger partial charge in [0.15, 0.2) is 6.10 Å². The van der Waals surface area contributed by atoms with Gasteiger partial charge in [-0.05, 0) is 54.3 Å². The van der Waals surface area contributed by atoms with E-state index in [1.165, 1.54) is 28.6 Å². The minimum absolute atomic E-state index is 0.0856. The Hall–Kier alpha value is -2.68. The van der Waals surface area contributed by atoms with Crippen molar-refractivity contribution >= 4 is 50.7 Å². The van der Waals surface area contributed by atoms with E-state index in [-0.39, 0.29) is 11.4 Å². The van der Waals surface area contributed by atoms with Crippen LogP contribution in [0.3, 0.4) is 0 Å². The van der Waals surface area contributed by atoms with Crippen LogP contribution in [0.4, 0.5) is 11.4 Å². The van der Waals surface area contributed by atoms with E-state index in [1.54, 1.807) is 36.0 Å². The first-order valence-corrected chi connectivity index (χ1v) is 12.8. The molecule has 32 heavy (non-hydrogen) atoms. The van der Waals surface area contributed by atoms with Gasteiger partial charge < -0.3 is 10.1 Å². The molecule has 1 amide bonds. The zero-order chi connectivity index (χ0) is 22.7. The van der Waals surface area contributed by atoms with Crippen LogP contribution in [0.15, 0.2) is 82.6 Å². The fraction of sp³-hybridized carbons (Fsp3) is 0.174. The molecule has 4 rings (SSSR count). The highest BCUT2D eigenvalue weighted by Crippen LogP contribution is 2.37. The molecule has 6 nitrogen and oxygen atoms in total. The maximum absolute atomic E-state index is 13.4. The first-order valence-electron chi connectivity index (χ1n) is 9.97. The average Bonchev–Trinajstić information content (AvgIpc) is 2.80. The van der Waals surface area contributed by atoms with Crippen LogP contribution in [0, 0.1) is 0 Å². The van der Waals surface area contributed by atoms with Crippen molar-refractivity contribution in [3.8, 4) is 5.75 Å². The smallest absolute Gasteiger partial charge is 0.267 e. The van der Waals surface area contributed by atoms with Crippen molar-refractivity contribution in [1.29, 1.82) is 0 Å². The van der Waals surface area contributed by atoms with Gasteiger partial charge in [-0.1, -0.05) is 42.8 Å². The number of hydrogen-bond donors (Lipinski definition) is 1. The van der Waals surface area contributed by atoms with E-state index in [2.05, 4.69) is 5.32 Å². The second-order valence-corrected chi connectivity index (χ2v) is 10.6. The lowest BCUT2D eigenvalue weighted by Gasteiger charge is -2.34. The molecule has 3 aromatic carbocycles. The molecule has 9 heteroatoms. The molecule has 1 N–H and O–H groups in total. The molecule has 0 saturated carbocycles. The number of hydrogen-bond acceptors (Lipinski definition) is 5. The lowest BCUT2D eigenvalue weighted by Crippen LogP contribution is -2.48. The second kappa shape index (κ2) is 9.44. The molecule has 0 spiro atoms. The zero-order valence-electron chi connectivity index (χ0n) is 17.2. The Morgan fingerprint density at radius 2 is 1.78 bits per heavy atom. The van der Waals surface area contributed by atoms with E-state index < -0.39 is 22.0 Å².